The van der Waals surface area contributed by atoms with Crippen LogP contribution >= 0.6 is 11.3 Å². The minimum Gasteiger partial charge on any atom is -0.313 e. The maximum atomic E-state index is 12.7. The first-order valence-corrected chi connectivity index (χ1v) is 8.78. The fraction of sp³-hybridized carbons (Fsp3) is 0.200. The molecule has 4 heteroatoms. The maximum absolute atomic E-state index is 12.7. The number of carbonyl (C=O) groups excluding carboxylic acids is 1. The largest absolute Gasteiger partial charge is 0.313 e. The van der Waals surface area contributed by atoms with Gasteiger partial charge in [-0.2, -0.15) is 0 Å². The molecule has 0 saturated carbocycles. The highest BCUT2D eigenvalue weighted by atomic mass is 32.1. The summed E-state index contributed by atoms with van der Waals surface area (Å²) in [5, 5.41) is 2.04. The molecule has 0 bridgehead atoms. The number of aryl methyl sites for hydroxylation is 3. The molecular weight excluding hydrogens is 316 g/mol. The van der Waals surface area contributed by atoms with Crippen molar-refractivity contribution >= 4 is 22.8 Å². The van der Waals surface area contributed by atoms with Gasteiger partial charge >= 0.3 is 0 Å². The summed E-state index contributed by atoms with van der Waals surface area (Å²) < 4.78 is 1.99. The molecule has 0 unspecified atom stereocenters. The van der Waals surface area contributed by atoms with Crippen LogP contribution in [0.15, 0.2) is 58.9 Å². The Kier molecular flexibility index (Phi) is 4.76. The van der Waals surface area contributed by atoms with Crippen LogP contribution in [0.25, 0.3) is 0 Å². The number of aromatic nitrogens is 1. The molecule has 3 aromatic rings. The molecule has 0 aliphatic rings. The van der Waals surface area contributed by atoms with Gasteiger partial charge in [0.1, 0.15) is 0 Å². The lowest BCUT2D eigenvalue weighted by atomic mass is 10.0. The van der Waals surface area contributed by atoms with Crippen LogP contribution in [0.4, 0.5) is 5.69 Å². The molecule has 1 aromatic heterocycles. The first-order valence-electron chi connectivity index (χ1n) is 7.90. The van der Waals surface area contributed by atoms with Gasteiger partial charge in [0.25, 0.3) is 0 Å². The predicted octanol–water partition coefficient (Wildman–Crippen LogP) is 4.59. The molecule has 2 aromatic carbocycles. The average molecular weight is 336 g/mol. The van der Waals surface area contributed by atoms with Crippen LogP contribution in [0.1, 0.15) is 27.2 Å². The van der Waals surface area contributed by atoms with Crippen LogP contribution in [-0.2, 0) is 6.54 Å². The van der Waals surface area contributed by atoms with Gasteiger partial charge in [0, 0.05) is 16.6 Å². The van der Waals surface area contributed by atoms with Gasteiger partial charge in [-0.1, -0.05) is 42.0 Å². The van der Waals surface area contributed by atoms with Crippen LogP contribution in [0.3, 0.4) is 0 Å². The monoisotopic (exact) mass is 336 g/mol. The number of ketones is 1. The number of hydrogen-bond acceptors (Lipinski definition) is 3. The van der Waals surface area contributed by atoms with Crippen LogP contribution in [0.2, 0.25) is 0 Å². The van der Waals surface area contributed by atoms with Crippen molar-refractivity contribution in [1.29, 1.82) is 0 Å². The Bertz CT molecular complexity index is 936. The van der Waals surface area contributed by atoms with Crippen LogP contribution < -0.4 is 4.80 Å². The second-order valence-electron chi connectivity index (χ2n) is 5.93. The van der Waals surface area contributed by atoms with Gasteiger partial charge in [0.15, 0.2) is 10.6 Å². The summed E-state index contributed by atoms with van der Waals surface area (Å²) in [4.78, 5) is 18.3. The van der Waals surface area contributed by atoms with Crippen molar-refractivity contribution in [2.75, 3.05) is 0 Å². The molecule has 0 saturated heterocycles. The van der Waals surface area contributed by atoms with E-state index in [9.17, 15) is 4.79 Å². The second-order valence-corrected chi connectivity index (χ2v) is 6.77. The van der Waals surface area contributed by atoms with Gasteiger partial charge in [-0.25, -0.2) is 4.99 Å². The number of para-hydroxylation sites is 1. The van der Waals surface area contributed by atoms with E-state index in [2.05, 4.69) is 4.99 Å². The number of hydrogen-bond donors (Lipinski definition) is 0. The summed E-state index contributed by atoms with van der Waals surface area (Å²) >= 11 is 1.56. The normalized spacial score (nSPS) is 11.7. The van der Waals surface area contributed by atoms with Gasteiger partial charge < -0.3 is 4.57 Å². The van der Waals surface area contributed by atoms with E-state index in [0.29, 0.717) is 6.54 Å². The third kappa shape index (κ3) is 3.54. The van der Waals surface area contributed by atoms with E-state index < -0.39 is 0 Å². The third-order valence-electron chi connectivity index (χ3n) is 3.96. The minimum atomic E-state index is 0.114. The molecular formula is C20H20N2OS. The van der Waals surface area contributed by atoms with Crippen molar-refractivity contribution in [3.63, 3.8) is 0 Å². The number of carbonyl (C=O) groups is 1. The Hall–Kier alpha value is -2.46. The van der Waals surface area contributed by atoms with Crippen molar-refractivity contribution in [3.8, 4) is 0 Å². The van der Waals surface area contributed by atoms with Crippen molar-refractivity contribution in [2.24, 2.45) is 4.99 Å². The molecule has 0 spiro atoms. The molecule has 0 atom stereocenters. The lowest BCUT2D eigenvalue weighted by Crippen LogP contribution is -2.22. The van der Waals surface area contributed by atoms with Crippen molar-refractivity contribution in [3.05, 3.63) is 81.1 Å². The molecule has 0 aliphatic heterocycles. The summed E-state index contributed by atoms with van der Waals surface area (Å²) in [6.07, 6.45) is 0. The predicted molar refractivity (Wildman–Crippen MR) is 99.0 cm³/mol. The highest BCUT2D eigenvalue weighted by Gasteiger charge is 2.12. The van der Waals surface area contributed by atoms with E-state index in [1.807, 2.05) is 79.2 Å². The summed E-state index contributed by atoms with van der Waals surface area (Å²) in [6, 6.07) is 15.8. The maximum Gasteiger partial charge on any atom is 0.190 e. The first-order chi connectivity index (χ1) is 11.5. The fourth-order valence-electron chi connectivity index (χ4n) is 2.66. The summed E-state index contributed by atoms with van der Waals surface area (Å²) in [5.41, 5.74) is 4.92. The standard InChI is InChI=1S/C20H20N2OS/c1-14-9-10-18(15(2)11-14)19(23)12-22-16(3)13-24-20(22)21-17-7-5-4-6-8-17/h4-11,13H,12H2,1-3H3. The van der Waals surface area contributed by atoms with Gasteiger partial charge in [-0.05, 0) is 38.5 Å². The molecule has 0 N–H and O–H groups in total. The molecule has 24 heavy (non-hydrogen) atoms. The minimum absolute atomic E-state index is 0.114. The Morgan fingerprint density at radius 2 is 1.83 bits per heavy atom. The van der Waals surface area contributed by atoms with E-state index in [1.165, 1.54) is 5.56 Å². The fourth-order valence-corrected chi connectivity index (χ4v) is 3.56. The van der Waals surface area contributed by atoms with Gasteiger partial charge in [0.05, 0.1) is 12.2 Å². The zero-order valence-corrected chi connectivity index (χ0v) is 14.9. The molecule has 0 aliphatic carbocycles. The molecule has 3 rings (SSSR count). The number of Topliss-reactive ketones (excluding diaryl/α,β-unsaturated/α-hetero) is 1. The van der Waals surface area contributed by atoms with E-state index in [-0.39, 0.29) is 5.78 Å². The van der Waals surface area contributed by atoms with Gasteiger partial charge in [0.2, 0.25) is 0 Å². The summed E-state index contributed by atoms with van der Waals surface area (Å²) in [7, 11) is 0. The summed E-state index contributed by atoms with van der Waals surface area (Å²) in [6.45, 7) is 6.34. The van der Waals surface area contributed by atoms with Crippen LogP contribution in [0.5, 0.6) is 0 Å². The quantitative estimate of drug-likeness (QED) is 0.642. The van der Waals surface area contributed by atoms with E-state index >= 15 is 0 Å². The molecule has 3 nitrogen and oxygen atoms in total. The highest BCUT2D eigenvalue weighted by Crippen LogP contribution is 2.14. The Labute approximate surface area is 145 Å². The Morgan fingerprint density at radius 1 is 1.08 bits per heavy atom. The van der Waals surface area contributed by atoms with E-state index in [0.717, 1.165) is 27.3 Å². The van der Waals surface area contributed by atoms with E-state index in [4.69, 9.17) is 0 Å². The molecule has 0 amide bonds. The number of benzene rings is 2. The van der Waals surface area contributed by atoms with Crippen molar-refractivity contribution in [1.82, 2.24) is 4.57 Å². The number of rotatable bonds is 4. The molecule has 1 heterocycles. The number of nitrogens with zero attached hydrogens (tertiary/aromatic N) is 2. The SMILES string of the molecule is Cc1ccc(C(=O)Cn2c(C)csc2=Nc2ccccc2)c(C)c1. The number of thiazole rings is 1. The van der Waals surface area contributed by atoms with Crippen LogP contribution in [0, 0.1) is 20.8 Å². The lowest BCUT2D eigenvalue weighted by Gasteiger charge is -2.08. The Morgan fingerprint density at radius 3 is 2.54 bits per heavy atom. The van der Waals surface area contributed by atoms with Gasteiger partial charge in [-0.15, -0.1) is 11.3 Å². The topological polar surface area (TPSA) is 34.4 Å². The average Bonchev–Trinajstić information content (AvgIpc) is 2.89. The first kappa shape index (κ1) is 16.4. The zero-order valence-electron chi connectivity index (χ0n) is 14.1. The Balaban J connectivity index is 1.95. The summed E-state index contributed by atoms with van der Waals surface area (Å²) in [5.74, 6) is 0.114. The smallest absolute Gasteiger partial charge is 0.190 e. The third-order valence-corrected chi connectivity index (χ3v) is 4.94. The van der Waals surface area contributed by atoms with Gasteiger partial charge in [-0.3, -0.25) is 4.79 Å². The van der Waals surface area contributed by atoms with Crippen LogP contribution in [-0.4, -0.2) is 10.4 Å². The van der Waals surface area contributed by atoms with Crippen molar-refractivity contribution in [2.45, 2.75) is 27.3 Å². The molecule has 122 valence electrons. The zero-order chi connectivity index (χ0) is 17.1. The van der Waals surface area contributed by atoms with Crippen molar-refractivity contribution < 1.29 is 4.79 Å². The second kappa shape index (κ2) is 6.97. The molecule has 0 radical (unpaired) electrons. The van der Waals surface area contributed by atoms with E-state index in [1.54, 1.807) is 11.3 Å². The lowest BCUT2D eigenvalue weighted by molar-refractivity contribution is 0.0970. The highest BCUT2D eigenvalue weighted by molar-refractivity contribution is 7.07. The molecule has 0 fully saturated rings.